The number of benzene rings is 1. The van der Waals surface area contributed by atoms with Gasteiger partial charge in [-0.1, -0.05) is 30.3 Å². The summed E-state index contributed by atoms with van der Waals surface area (Å²) in [6.45, 7) is 0. The second-order valence-corrected chi connectivity index (χ2v) is 3.46. The van der Waals surface area contributed by atoms with Crippen LogP contribution in [0.5, 0.6) is 0 Å². The minimum atomic E-state index is -1.14. The van der Waals surface area contributed by atoms with E-state index in [1.165, 1.54) is 4.68 Å². The molecule has 1 heterocycles. The van der Waals surface area contributed by atoms with E-state index in [2.05, 4.69) is 15.5 Å². The van der Waals surface area contributed by atoms with Crippen molar-refractivity contribution in [2.45, 2.75) is 12.2 Å². The maximum Gasteiger partial charge on any atom is 0.182 e. The molecule has 2 atom stereocenters. The molecule has 0 fully saturated rings. The van der Waals surface area contributed by atoms with Crippen LogP contribution in [0.2, 0.25) is 0 Å². The van der Waals surface area contributed by atoms with Gasteiger partial charge in [0.15, 0.2) is 5.82 Å². The van der Waals surface area contributed by atoms with Gasteiger partial charge in [-0.05, 0) is 16.0 Å². The number of tetrazole rings is 1. The van der Waals surface area contributed by atoms with E-state index in [-0.39, 0.29) is 5.82 Å². The van der Waals surface area contributed by atoms with E-state index in [1.54, 1.807) is 31.3 Å². The first-order chi connectivity index (χ1) is 7.70. The minimum absolute atomic E-state index is 0.233. The molecular weight excluding hydrogens is 208 g/mol. The van der Waals surface area contributed by atoms with E-state index in [4.69, 9.17) is 0 Å². The first-order valence-electron chi connectivity index (χ1n) is 4.83. The van der Waals surface area contributed by atoms with Gasteiger partial charge in [-0.3, -0.25) is 0 Å². The van der Waals surface area contributed by atoms with E-state index < -0.39 is 12.2 Å². The average molecular weight is 220 g/mol. The van der Waals surface area contributed by atoms with Gasteiger partial charge in [0.1, 0.15) is 12.2 Å². The number of nitrogens with zero attached hydrogens (tertiary/aromatic N) is 4. The number of aromatic nitrogens is 4. The predicted octanol–water partition coefficient (Wildman–Crippen LogP) is -0.0229. The molecule has 0 unspecified atom stereocenters. The lowest BCUT2D eigenvalue weighted by Gasteiger charge is -2.16. The number of aliphatic hydroxyl groups is 2. The lowest BCUT2D eigenvalue weighted by atomic mass is 10.0. The van der Waals surface area contributed by atoms with Gasteiger partial charge in [0.05, 0.1) is 0 Å². The first kappa shape index (κ1) is 10.7. The van der Waals surface area contributed by atoms with Gasteiger partial charge >= 0.3 is 0 Å². The Hall–Kier alpha value is -1.79. The van der Waals surface area contributed by atoms with Crippen molar-refractivity contribution in [3.8, 4) is 0 Å². The lowest BCUT2D eigenvalue weighted by molar-refractivity contribution is 0.00951. The molecule has 0 spiro atoms. The Labute approximate surface area is 92.2 Å². The molecule has 84 valence electrons. The smallest absolute Gasteiger partial charge is 0.182 e. The fourth-order valence-electron chi connectivity index (χ4n) is 1.46. The molecular formula is C10H12N4O2. The van der Waals surface area contributed by atoms with Gasteiger partial charge in [0, 0.05) is 7.05 Å². The third-order valence-electron chi connectivity index (χ3n) is 2.36. The van der Waals surface area contributed by atoms with Gasteiger partial charge in [-0.15, -0.1) is 5.10 Å². The summed E-state index contributed by atoms with van der Waals surface area (Å²) in [5.74, 6) is 0.233. The Morgan fingerprint density at radius 3 is 2.38 bits per heavy atom. The summed E-state index contributed by atoms with van der Waals surface area (Å²) in [6.07, 6.45) is -2.17. The molecule has 0 saturated heterocycles. The monoisotopic (exact) mass is 220 g/mol. The van der Waals surface area contributed by atoms with E-state index in [9.17, 15) is 10.2 Å². The summed E-state index contributed by atoms with van der Waals surface area (Å²) in [4.78, 5) is 0. The highest BCUT2D eigenvalue weighted by Gasteiger charge is 2.24. The van der Waals surface area contributed by atoms with Crippen LogP contribution in [0.1, 0.15) is 23.6 Å². The lowest BCUT2D eigenvalue weighted by Crippen LogP contribution is -2.15. The number of rotatable bonds is 3. The second kappa shape index (κ2) is 4.38. The van der Waals surface area contributed by atoms with Crippen LogP contribution in [-0.2, 0) is 7.05 Å². The summed E-state index contributed by atoms with van der Waals surface area (Å²) < 4.78 is 1.33. The zero-order valence-electron chi connectivity index (χ0n) is 8.72. The van der Waals surface area contributed by atoms with Crippen molar-refractivity contribution in [3.63, 3.8) is 0 Å². The first-order valence-corrected chi connectivity index (χ1v) is 4.83. The Morgan fingerprint density at radius 1 is 1.12 bits per heavy atom. The normalized spacial score (nSPS) is 14.7. The highest BCUT2D eigenvalue weighted by Crippen LogP contribution is 2.26. The number of aliphatic hydroxyl groups excluding tert-OH is 2. The van der Waals surface area contributed by atoms with Gasteiger partial charge in [0.2, 0.25) is 0 Å². The van der Waals surface area contributed by atoms with E-state index in [0.717, 1.165) is 0 Å². The average Bonchev–Trinajstić information content (AvgIpc) is 2.75. The van der Waals surface area contributed by atoms with Crippen LogP contribution in [0.3, 0.4) is 0 Å². The van der Waals surface area contributed by atoms with Gasteiger partial charge in [-0.2, -0.15) is 0 Å². The fraction of sp³-hybridized carbons (Fsp3) is 0.300. The van der Waals surface area contributed by atoms with Gasteiger partial charge in [-0.25, -0.2) is 4.68 Å². The molecule has 2 aromatic rings. The molecule has 0 bridgehead atoms. The van der Waals surface area contributed by atoms with Crippen LogP contribution in [-0.4, -0.2) is 30.4 Å². The van der Waals surface area contributed by atoms with Crippen molar-refractivity contribution in [2.75, 3.05) is 0 Å². The maximum absolute atomic E-state index is 9.93. The van der Waals surface area contributed by atoms with Crippen molar-refractivity contribution in [1.29, 1.82) is 0 Å². The summed E-state index contributed by atoms with van der Waals surface area (Å²) in [6, 6.07) is 8.89. The van der Waals surface area contributed by atoms with Crippen LogP contribution in [0.25, 0.3) is 0 Å². The Morgan fingerprint density at radius 2 is 1.81 bits per heavy atom. The molecule has 6 heteroatoms. The van der Waals surface area contributed by atoms with Crippen LogP contribution in [0, 0.1) is 0 Å². The molecule has 0 aliphatic heterocycles. The summed E-state index contributed by atoms with van der Waals surface area (Å²) >= 11 is 0. The van der Waals surface area contributed by atoms with Gasteiger partial charge in [0.25, 0.3) is 0 Å². The summed E-state index contributed by atoms with van der Waals surface area (Å²) in [5.41, 5.74) is 0.623. The summed E-state index contributed by atoms with van der Waals surface area (Å²) in [7, 11) is 1.61. The summed E-state index contributed by atoms with van der Waals surface area (Å²) in [5, 5.41) is 30.5. The third-order valence-corrected chi connectivity index (χ3v) is 2.36. The van der Waals surface area contributed by atoms with Gasteiger partial charge < -0.3 is 10.2 Å². The second-order valence-electron chi connectivity index (χ2n) is 3.46. The maximum atomic E-state index is 9.93. The highest BCUT2D eigenvalue weighted by molar-refractivity contribution is 5.19. The topological polar surface area (TPSA) is 84.1 Å². The molecule has 2 N–H and O–H groups in total. The quantitative estimate of drug-likeness (QED) is 0.759. The molecule has 0 aliphatic rings. The highest BCUT2D eigenvalue weighted by atomic mass is 16.3. The van der Waals surface area contributed by atoms with Crippen molar-refractivity contribution < 1.29 is 10.2 Å². The molecule has 1 aromatic heterocycles. The number of hydrogen-bond acceptors (Lipinski definition) is 5. The van der Waals surface area contributed by atoms with Crippen LogP contribution in [0.4, 0.5) is 0 Å². The largest absolute Gasteiger partial charge is 0.385 e. The van der Waals surface area contributed by atoms with Crippen molar-refractivity contribution in [2.24, 2.45) is 7.05 Å². The number of aryl methyl sites for hydroxylation is 1. The van der Waals surface area contributed by atoms with Crippen LogP contribution < -0.4 is 0 Å². The fourth-order valence-corrected chi connectivity index (χ4v) is 1.46. The van der Waals surface area contributed by atoms with Crippen molar-refractivity contribution in [1.82, 2.24) is 20.2 Å². The molecule has 0 amide bonds. The van der Waals surface area contributed by atoms with E-state index in [0.29, 0.717) is 5.56 Å². The van der Waals surface area contributed by atoms with Crippen molar-refractivity contribution in [3.05, 3.63) is 41.7 Å². The molecule has 0 aliphatic carbocycles. The Bertz CT molecular complexity index is 457. The minimum Gasteiger partial charge on any atom is -0.385 e. The van der Waals surface area contributed by atoms with Crippen molar-refractivity contribution >= 4 is 0 Å². The predicted molar refractivity (Wildman–Crippen MR) is 55.2 cm³/mol. The van der Waals surface area contributed by atoms with Crippen LogP contribution in [0.15, 0.2) is 30.3 Å². The van der Waals surface area contributed by atoms with Crippen LogP contribution >= 0.6 is 0 Å². The molecule has 0 saturated carbocycles. The molecule has 6 nitrogen and oxygen atoms in total. The molecule has 1 aromatic carbocycles. The molecule has 0 radical (unpaired) electrons. The Kier molecular flexibility index (Phi) is 2.93. The third kappa shape index (κ3) is 1.93. The van der Waals surface area contributed by atoms with E-state index >= 15 is 0 Å². The standard InChI is InChI=1S/C10H12N4O2/c1-14-10(11-12-13-14)9(16)8(15)7-5-3-2-4-6-7/h2-6,8-9,15-16H,1H3/t8-,9+/m0/s1. The molecule has 2 rings (SSSR count). The SMILES string of the molecule is Cn1nnnc1[C@H](O)[C@@H](O)c1ccccc1. The molecule has 16 heavy (non-hydrogen) atoms. The zero-order valence-corrected chi connectivity index (χ0v) is 8.72. The van der Waals surface area contributed by atoms with E-state index in [1.807, 2.05) is 6.07 Å². The number of hydrogen-bond donors (Lipinski definition) is 2. The Balaban J connectivity index is 2.23. The zero-order chi connectivity index (χ0) is 11.5.